The Kier molecular flexibility index (Phi) is 5.30. The molecular formula is C13H17F4N3O4S. The molecule has 25 heavy (non-hydrogen) atoms. The first-order chi connectivity index (χ1) is 11.4. The molecule has 0 spiro atoms. The summed E-state index contributed by atoms with van der Waals surface area (Å²) in [6.45, 7) is 2.15. The van der Waals surface area contributed by atoms with Crippen LogP contribution in [-0.4, -0.2) is 41.9 Å². The zero-order valence-corrected chi connectivity index (χ0v) is 14.5. The van der Waals surface area contributed by atoms with Crippen molar-refractivity contribution >= 4 is 14.9 Å². The van der Waals surface area contributed by atoms with Crippen LogP contribution < -0.4 is 4.74 Å². The lowest BCUT2D eigenvalue weighted by molar-refractivity contribution is 0.0123. The van der Waals surface area contributed by atoms with Gasteiger partial charge in [0.1, 0.15) is 11.3 Å². The maximum absolute atomic E-state index is 13.2. The lowest BCUT2D eigenvalue weighted by atomic mass is 10.1. The molecule has 0 saturated heterocycles. The molecule has 1 aromatic rings. The van der Waals surface area contributed by atoms with Crippen LogP contribution in [0.25, 0.3) is 0 Å². The molecule has 0 bridgehead atoms. The number of aryl methyl sites for hydroxylation is 1. The standard InChI is InChI=1S/C13H17F4N3O4S/c1-13(2)4-9(19-24-13)25(21,22)6-7-10(11(16)17)18-20(3)12(7)23-5-8(14)15/h8,11H,4-6H2,1-3H3. The molecular weight excluding hydrogens is 370 g/mol. The number of hydrogen-bond acceptors (Lipinski definition) is 6. The largest absolute Gasteiger partial charge is 0.472 e. The number of rotatable bonds is 6. The Morgan fingerprint density at radius 1 is 1.32 bits per heavy atom. The van der Waals surface area contributed by atoms with E-state index in [9.17, 15) is 26.0 Å². The van der Waals surface area contributed by atoms with Crippen LogP contribution in [0.5, 0.6) is 5.88 Å². The number of halogens is 4. The molecule has 0 atom stereocenters. The van der Waals surface area contributed by atoms with Crippen molar-refractivity contribution in [3.05, 3.63) is 11.3 Å². The summed E-state index contributed by atoms with van der Waals surface area (Å²) < 4.78 is 81.6. The van der Waals surface area contributed by atoms with E-state index in [0.29, 0.717) is 0 Å². The highest BCUT2D eigenvalue weighted by molar-refractivity contribution is 8.05. The van der Waals surface area contributed by atoms with Gasteiger partial charge in [-0.2, -0.15) is 5.10 Å². The molecule has 2 rings (SSSR count). The number of ether oxygens (including phenoxy) is 1. The molecule has 1 aromatic heterocycles. The fraction of sp³-hybridized carbons (Fsp3) is 0.692. The molecule has 0 N–H and O–H groups in total. The first-order valence-electron chi connectivity index (χ1n) is 7.15. The fourth-order valence-electron chi connectivity index (χ4n) is 2.25. The van der Waals surface area contributed by atoms with Crippen molar-refractivity contribution in [3.63, 3.8) is 0 Å². The van der Waals surface area contributed by atoms with Crippen LogP contribution in [0.1, 0.15) is 38.0 Å². The zero-order chi connectivity index (χ0) is 19.0. The molecule has 0 unspecified atom stereocenters. The lowest BCUT2D eigenvalue weighted by Crippen LogP contribution is -2.23. The van der Waals surface area contributed by atoms with Crippen molar-refractivity contribution < 1.29 is 35.6 Å². The summed E-state index contributed by atoms with van der Waals surface area (Å²) in [5, 5.41) is 6.68. The molecule has 0 saturated carbocycles. The van der Waals surface area contributed by atoms with Gasteiger partial charge in [0.15, 0.2) is 21.5 Å². The van der Waals surface area contributed by atoms with E-state index in [1.54, 1.807) is 13.8 Å². The van der Waals surface area contributed by atoms with Crippen LogP contribution in [0.4, 0.5) is 17.6 Å². The quantitative estimate of drug-likeness (QED) is 0.700. The van der Waals surface area contributed by atoms with E-state index in [-0.39, 0.29) is 11.5 Å². The highest BCUT2D eigenvalue weighted by Gasteiger charge is 2.38. The fourth-order valence-corrected chi connectivity index (χ4v) is 3.79. The van der Waals surface area contributed by atoms with Crippen molar-refractivity contribution in [2.45, 2.75) is 44.5 Å². The number of nitrogens with zero attached hydrogens (tertiary/aromatic N) is 3. The molecule has 1 aliphatic rings. The normalized spacial score (nSPS) is 17.1. The minimum Gasteiger partial charge on any atom is -0.472 e. The second-order valence-electron chi connectivity index (χ2n) is 6.07. The third-order valence-electron chi connectivity index (χ3n) is 3.34. The third kappa shape index (κ3) is 4.41. The van der Waals surface area contributed by atoms with Crippen LogP contribution in [-0.2, 0) is 27.5 Å². The SMILES string of the molecule is Cn1nc(C(F)F)c(CS(=O)(=O)C2=NOC(C)(C)C2)c1OCC(F)F. The van der Waals surface area contributed by atoms with Crippen molar-refractivity contribution in [3.8, 4) is 5.88 Å². The molecule has 0 aliphatic carbocycles. The summed E-state index contributed by atoms with van der Waals surface area (Å²) in [5.74, 6) is -1.35. The Balaban J connectivity index is 2.37. The van der Waals surface area contributed by atoms with Gasteiger partial charge in [-0.15, -0.1) is 0 Å². The number of sulfone groups is 1. The van der Waals surface area contributed by atoms with E-state index in [1.165, 1.54) is 7.05 Å². The molecule has 7 nitrogen and oxygen atoms in total. The second-order valence-corrected chi connectivity index (χ2v) is 8.06. The molecule has 142 valence electrons. The Bertz CT molecular complexity index is 774. The minimum absolute atomic E-state index is 0.0349. The average Bonchev–Trinajstić information content (AvgIpc) is 2.97. The van der Waals surface area contributed by atoms with Crippen molar-refractivity contribution in [1.29, 1.82) is 0 Å². The van der Waals surface area contributed by atoms with Gasteiger partial charge >= 0.3 is 0 Å². The van der Waals surface area contributed by atoms with Gasteiger partial charge in [0.05, 0.1) is 11.3 Å². The number of aromatic nitrogens is 2. The second kappa shape index (κ2) is 6.81. The predicted molar refractivity (Wildman–Crippen MR) is 79.5 cm³/mol. The maximum Gasteiger partial charge on any atom is 0.282 e. The average molecular weight is 387 g/mol. The molecule has 2 heterocycles. The number of alkyl halides is 4. The van der Waals surface area contributed by atoms with Crippen molar-refractivity contribution in [2.24, 2.45) is 12.2 Å². The Hall–Kier alpha value is -1.85. The molecule has 0 amide bonds. The third-order valence-corrected chi connectivity index (χ3v) is 4.94. The maximum atomic E-state index is 13.2. The van der Waals surface area contributed by atoms with Crippen LogP contribution in [0.15, 0.2) is 5.16 Å². The van der Waals surface area contributed by atoms with E-state index in [4.69, 9.17) is 9.57 Å². The lowest BCUT2D eigenvalue weighted by Gasteiger charge is -2.13. The number of hydrogen-bond donors (Lipinski definition) is 0. The minimum atomic E-state index is -4.12. The van der Waals surface area contributed by atoms with E-state index in [0.717, 1.165) is 4.68 Å². The molecule has 12 heteroatoms. The molecule has 0 fully saturated rings. The number of oxime groups is 1. The molecule has 0 radical (unpaired) electrons. The van der Waals surface area contributed by atoms with Gasteiger partial charge in [-0.3, -0.25) is 0 Å². The topological polar surface area (TPSA) is 82.8 Å². The van der Waals surface area contributed by atoms with E-state index in [2.05, 4.69) is 10.3 Å². The highest BCUT2D eigenvalue weighted by Crippen LogP contribution is 2.33. The van der Waals surface area contributed by atoms with Crippen molar-refractivity contribution in [2.75, 3.05) is 6.61 Å². The Morgan fingerprint density at radius 2 is 1.96 bits per heavy atom. The summed E-state index contributed by atoms with van der Waals surface area (Å²) in [6.07, 6.45) is -5.99. The van der Waals surface area contributed by atoms with Gasteiger partial charge < -0.3 is 9.57 Å². The predicted octanol–water partition coefficient (Wildman–Crippen LogP) is 2.43. The van der Waals surface area contributed by atoms with Crippen LogP contribution in [0.2, 0.25) is 0 Å². The van der Waals surface area contributed by atoms with E-state index in [1.807, 2.05) is 0 Å². The highest BCUT2D eigenvalue weighted by atomic mass is 32.2. The van der Waals surface area contributed by atoms with Crippen molar-refractivity contribution in [1.82, 2.24) is 9.78 Å². The molecule has 1 aliphatic heterocycles. The first-order valence-corrected chi connectivity index (χ1v) is 8.81. The summed E-state index contributed by atoms with van der Waals surface area (Å²) in [4.78, 5) is 4.98. The molecule has 0 aromatic carbocycles. The monoisotopic (exact) mass is 387 g/mol. The Morgan fingerprint density at radius 3 is 2.44 bits per heavy atom. The smallest absolute Gasteiger partial charge is 0.282 e. The van der Waals surface area contributed by atoms with Gasteiger partial charge in [0, 0.05) is 13.5 Å². The van der Waals surface area contributed by atoms with E-state index >= 15 is 0 Å². The van der Waals surface area contributed by atoms with Gasteiger partial charge in [-0.1, -0.05) is 5.16 Å². The van der Waals surface area contributed by atoms with Crippen LogP contribution >= 0.6 is 0 Å². The van der Waals surface area contributed by atoms with Crippen LogP contribution in [0, 0.1) is 0 Å². The zero-order valence-electron chi connectivity index (χ0n) is 13.7. The van der Waals surface area contributed by atoms with Gasteiger partial charge in [0.25, 0.3) is 12.9 Å². The summed E-state index contributed by atoms with van der Waals surface area (Å²) in [5.41, 5.74) is -2.14. The summed E-state index contributed by atoms with van der Waals surface area (Å²) in [6, 6.07) is 0. The van der Waals surface area contributed by atoms with Gasteiger partial charge in [-0.05, 0) is 13.8 Å². The van der Waals surface area contributed by atoms with Gasteiger partial charge in [0.2, 0.25) is 5.88 Å². The summed E-state index contributed by atoms with van der Waals surface area (Å²) in [7, 11) is -2.92. The van der Waals surface area contributed by atoms with Gasteiger partial charge in [-0.25, -0.2) is 30.7 Å². The van der Waals surface area contributed by atoms with E-state index < -0.39 is 57.8 Å². The Labute approximate surface area is 141 Å². The first kappa shape index (κ1) is 19.5. The van der Waals surface area contributed by atoms with Crippen LogP contribution in [0.3, 0.4) is 0 Å². The summed E-state index contributed by atoms with van der Waals surface area (Å²) >= 11 is 0.